The summed E-state index contributed by atoms with van der Waals surface area (Å²) < 4.78 is 15.4. The highest BCUT2D eigenvalue weighted by molar-refractivity contribution is 5.80. The van der Waals surface area contributed by atoms with Crippen molar-refractivity contribution in [2.75, 3.05) is 14.2 Å². The summed E-state index contributed by atoms with van der Waals surface area (Å²) in [5.41, 5.74) is 2.18. The van der Waals surface area contributed by atoms with Gasteiger partial charge in [-0.25, -0.2) is 4.98 Å². The van der Waals surface area contributed by atoms with Crippen molar-refractivity contribution in [3.05, 3.63) is 48.2 Å². The molecule has 0 bridgehead atoms. The summed E-state index contributed by atoms with van der Waals surface area (Å²) in [6.45, 7) is 0. The Balaban J connectivity index is 2.18. The van der Waals surface area contributed by atoms with E-state index < -0.39 is 0 Å². The molecule has 0 aliphatic rings. The van der Waals surface area contributed by atoms with Gasteiger partial charge in [0, 0.05) is 11.6 Å². The van der Waals surface area contributed by atoms with Gasteiger partial charge in [-0.15, -0.1) is 0 Å². The van der Waals surface area contributed by atoms with Crippen molar-refractivity contribution in [1.29, 1.82) is 5.26 Å². The Kier molecular flexibility index (Phi) is 4.99. The number of aromatic nitrogens is 1. The molecule has 2 aromatic rings. The van der Waals surface area contributed by atoms with E-state index in [0.29, 0.717) is 23.5 Å². The number of methoxy groups -OCH3 is 2. The summed E-state index contributed by atoms with van der Waals surface area (Å²) in [5.74, 6) is 1.30. The Morgan fingerprint density at radius 1 is 1.38 bits per heavy atom. The fraction of sp³-hybridized carbons (Fsp3) is 0.250. The average molecular weight is 284 g/mol. The highest BCUT2D eigenvalue weighted by Crippen LogP contribution is 2.30. The lowest BCUT2D eigenvalue weighted by Gasteiger charge is -2.09. The SMILES string of the molecule is COc1ccc(/C(C#N)=C/CCc2cocn2)c(OC)c1. The molecular weight excluding hydrogens is 268 g/mol. The minimum Gasteiger partial charge on any atom is -0.497 e. The maximum atomic E-state index is 9.34. The predicted molar refractivity (Wildman–Crippen MR) is 78.0 cm³/mol. The number of aryl methyl sites for hydroxylation is 1. The van der Waals surface area contributed by atoms with Crippen molar-refractivity contribution < 1.29 is 13.9 Å². The lowest BCUT2D eigenvalue weighted by Crippen LogP contribution is -1.93. The molecule has 0 unspecified atom stereocenters. The molecule has 21 heavy (non-hydrogen) atoms. The first-order valence-corrected chi connectivity index (χ1v) is 6.48. The van der Waals surface area contributed by atoms with E-state index in [1.807, 2.05) is 12.1 Å². The Morgan fingerprint density at radius 2 is 2.24 bits per heavy atom. The van der Waals surface area contributed by atoms with E-state index in [9.17, 15) is 5.26 Å². The van der Waals surface area contributed by atoms with E-state index in [0.717, 1.165) is 17.7 Å². The van der Waals surface area contributed by atoms with Gasteiger partial charge in [-0.2, -0.15) is 5.26 Å². The first kappa shape index (κ1) is 14.7. The van der Waals surface area contributed by atoms with Crippen LogP contribution in [0.2, 0.25) is 0 Å². The third-order valence-corrected chi connectivity index (χ3v) is 3.05. The highest BCUT2D eigenvalue weighted by atomic mass is 16.5. The van der Waals surface area contributed by atoms with E-state index in [4.69, 9.17) is 13.9 Å². The molecule has 0 radical (unpaired) electrons. The first-order chi connectivity index (χ1) is 10.3. The molecule has 0 aliphatic heterocycles. The summed E-state index contributed by atoms with van der Waals surface area (Å²) >= 11 is 0. The molecule has 0 N–H and O–H groups in total. The van der Waals surface area contributed by atoms with Crippen molar-refractivity contribution in [3.8, 4) is 17.6 Å². The molecule has 0 spiro atoms. The van der Waals surface area contributed by atoms with Gasteiger partial charge in [0.15, 0.2) is 6.39 Å². The zero-order valence-corrected chi connectivity index (χ0v) is 12.0. The molecule has 2 rings (SSSR count). The molecule has 5 heteroatoms. The van der Waals surface area contributed by atoms with Crippen LogP contribution in [0, 0.1) is 11.3 Å². The number of rotatable bonds is 6. The second-order valence-corrected chi connectivity index (χ2v) is 4.31. The average Bonchev–Trinajstić information content (AvgIpc) is 3.04. The third kappa shape index (κ3) is 3.63. The molecule has 0 saturated carbocycles. The van der Waals surface area contributed by atoms with E-state index in [1.165, 1.54) is 6.39 Å². The van der Waals surface area contributed by atoms with E-state index in [-0.39, 0.29) is 0 Å². The Labute approximate surface area is 123 Å². The van der Waals surface area contributed by atoms with Gasteiger partial charge in [0.25, 0.3) is 0 Å². The van der Waals surface area contributed by atoms with Gasteiger partial charge >= 0.3 is 0 Å². The van der Waals surface area contributed by atoms with Crippen molar-refractivity contribution in [1.82, 2.24) is 4.98 Å². The molecule has 5 nitrogen and oxygen atoms in total. The van der Waals surface area contributed by atoms with Gasteiger partial charge in [-0.3, -0.25) is 0 Å². The molecule has 0 saturated heterocycles. The lowest BCUT2D eigenvalue weighted by molar-refractivity contribution is 0.393. The number of benzene rings is 1. The van der Waals surface area contributed by atoms with Gasteiger partial charge < -0.3 is 13.9 Å². The minimum absolute atomic E-state index is 0.568. The van der Waals surface area contributed by atoms with E-state index in [1.54, 1.807) is 32.6 Å². The summed E-state index contributed by atoms with van der Waals surface area (Å²) in [7, 11) is 3.16. The predicted octanol–water partition coefficient (Wildman–Crippen LogP) is 3.23. The van der Waals surface area contributed by atoms with Crippen LogP contribution in [0.15, 0.2) is 41.3 Å². The molecular formula is C16H16N2O3. The van der Waals surface area contributed by atoms with Gasteiger partial charge in [-0.1, -0.05) is 6.08 Å². The number of hydrogen-bond donors (Lipinski definition) is 0. The third-order valence-electron chi connectivity index (χ3n) is 3.05. The van der Waals surface area contributed by atoms with Gasteiger partial charge in [0.2, 0.25) is 0 Å². The summed E-state index contributed by atoms with van der Waals surface area (Å²) in [5, 5.41) is 9.34. The fourth-order valence-electron chi connectivity index (χ4n) is 1.96. The number of hydrogen-bond acceptors (Lipinski definition) is 5. The van der Waals surface area contributed by atoms with Crippen LogP contribution in [0.5, 0.6) is 11.5 Å². The highest BCUT2D eigenvalue weighted by Gasteiger charge is 2.09. The van der Waals surface area contributed by atoms with Crippen LogP contribution in [0.4, 0.5) is 0 Å². The number of ether oxygens (including phenoxy) is 2. The van der Waals surface area contributed by atoms with Crippen molar-refractivity contribution >= 4 is 5.57 Å². The standard InChI is InChI=1S/C16H16N2O3/c1-19-14-6-7-15(16(8-14)20-2)12(9-17)4-3-5-13-10-21-11-18-13/h4,6-8,10-11H,3,5H2,1-2H3/b12-4+. The maximum Gasteiger partial charge on any atom is 0.180 e. The summed E-state index contributed by atoms with van der Waals surface area (Å²) in [6.07, 6.45) is 6.30. The molecule has 1 heterocycles. The van der Waals surface area contributed by atoms with Crippen LogP contribution < -0.4 is 9.47 Å². The number of oxazole rings is 1. The zero-order chi connectivity index (χ0) is 15.1. The van der Waals surface area contributed by atoms with Gasteiger partial charge in [0.1, 0.15) is 17.8 Å². The first-order valence-electron chi connectivity index (χ1n) is 6.48. The van der Waals surface area contributed by atoms with E-state index >= 15 is 0 Å². The number of nitrogens with zero attached hydrogens (tertiary/aromatic N) is 2. The van der Waals surface area contributed by atoms with Crippen molar-refractivity contribution in [2.45, 2.75) is 12.8 Å². The quantitative estimate of drug-likeness (QED) is 0.762. The number of nitriles is 1. The minimum atomic E-state index is 0.568. The smallest absolute Gasteiger partial charge is 0.180 e. The van der Waals surface area contributed by atoms with Crippen molar-refractivity contribution in [3.63, 3.8) is 0 Å². The summed E-state index contributed by atoms with van der Waals surface area (Å²) in [4.78, 5) is 4.05. The Hall–Kier alpha value is -2.74. The molecule has 0 amide bonds. The van der Waals surface area contributed by atoms with Gasteiger partial charge in [0.05, 0.1) is 31.6 Å². The topological polar surface area (TPSA) is 68.3 Å². The Bertz CT molecular complexity index is 655. The molecule has 0 aliphatic carbocycles. The zero-order valence-electron chi connectivity index (χ0n) is 12.0. The molecule has 108 valence electrons. The molecule has 1 aromatic heterocycles. The molecule has 0 fully saturated rings. The van der Waals surface area contributed by atoms with Crippen LogP contribution in [0.25, 0.3) is 5.57 Å². The summed E-state index contributed by atoms with van der Waals surface area (Å²) in [6, 6.07) is 7.60. The second kappa shape index (κ2) is 7.15. The maximum absolute atomic E-state index is 9.34. The van der Waals surface area contributed by atoms with Crippen LogP contribution in [-0.2, 0) is 6.42 Å². The largest absolute Gasteiger partial charge is 0.497 e. The fourth-order valence-corrected chi connectivity index (χ4v) is 1.96. The lowest BCUT2D eigenvalue weighted by atomic mass is 10.0. The molecule has 0 atom stereocenters. The number of allylic oxidation sites excluding steroid dienone is 2. The van der Waals surface area contributed by atoms with Crippen LogP contribution in [0.1, 0.15) is 17.7 Å². The normalized spacial score (nSPS) is 11.0. The van der Waals surface area contributed by atoms with Gasteiger partial charge in [-0.05, 0) is 25.0 Å². The molecule has 1 aromatic carbocycles. The second-order valence-electron chi connectivity index (χ2n) is 4.31. The van der Waals surface area contributed by atoms with Crippen LogP contribution in [0.3, 0.4) is 0 Å². The van der Waals surface area contributed by atoms with Crippen molar-refractivity contribution in [2.24, 2.45) is 0 Å². The van der Waals surface area contributed by atoms with E-state index in [2.05, 4.69) is 11.1 Å². The van der Waals surface area contributed by atoms with Crippen LogP contribution in [-0.4, -0.2) is 19.2 Å². The monoisotopic (exact) mass is 284 g/mol. The Morgan fingerprint density at radius 3 is 2.86 bits per heavy atom. The van der Waals surface area contributed by atoms with Crippen LogP contribution >= 0.6 is 0 Å².